The van der Waals surface area contributed by atoms with Crippen LogP contribution in [0.3, 0.4) is 0 Å². The average Bonchev–Trinajstić information content (AvgIpc) is 3.18. The van der Waals surface area contributed by atoms with Crippen LogP contribution in [0.1, 0.15) is 284 Å². The molecule has 0 radical (unpaired) electrons. The summed E-state index contributed by atoms with van der Waals surface area (Å²) in [5.41, 5.74) is 0. The summed E-state index contributed by atoms with van der Waals surface area (Å²) in [6.45, 7) is 4.31. The maximum atomic E-state index is 12.3. The van der Waals surface area contributed by atoms with Crippen LogP contribution < -0.4 is 5.32 Å². The fourth-order valence-electron chi connectivity index (χ4n) is 7.95. The van der Waals surface area contributed by atoms with E-state index in [2.05, 4.69) is 19.2 Å². The van der Waals surface area contributed by atoms with Gasteiger partial charge in [-0.1, -0.05) is 270 Å². The Labute approximate surface area is 339 Å². The van der Waals surface area contributed by atoms with Gasteiger partial charge in [-0.2, -0.15) is 0 Å². The molecule has 322 valence electrons. The predicted molar refractivity (Wildman–Crippen MR) is 239 cm³/mol. The Bertz CT molecular complexity index is 739. The van der Waals surface area contributed by atoms with Crippen molar-refractivity contribution >= 4 is 5.91 Å². The third-order valence-electron chi connectivity index (χ3n) is 11.8. The molecule has 0 rings (SSSR count). The fraction of sp³-hybridized carbons (Fsp3) is 0.940. The van der Waals surface area contributed by atoms with Crippen LogP contribution in [-0.4, -0.2) is 34.9 Å². The van der Waals surface area contributed by atoms with Crippen molar-refractivity contribution in [1.29, 1.82) is 0 Å². The van der Waals surface area contributed by atoms with Gasteiger partial charge in [-0.15, -0.1) is 0 Å². The highest BCUT2D eigenvalue weighted by Gasteiger charge is 2.18. The van der Waals surface area contributed by atoms with Gasteiger partial charge >= 0.3 is 0 Å². The predicted octanol–water partition coefficient (Wildman–Crippen LogP) is 15.8. The molecule has 2 atom stereocenters. The van der Waals surface area contributed by atoms with Crippen molar-refractivity contribution in [2.24, 2.45) is 0 Å². The van der Waals surface area contributed by atoms with Gasteiger partial charge < -0.3 is 15.5 Å². The van der Waals surface area contributed by atoms with Crippen LogP contribution in [0.25, 0.3) is 0 Å². The van der Waals surface area contributed by atoms with Gasteiger partial charge in [0.2, 0.25) is 5.91 Å². The number of carbonyl (C=O) groups excluding carboxylic acids is 1. The molecule has 0 aliphatic heterocycles. The molecule has 2 unspecified atom stereocenters. The number of amides is 1. The molecule has 0 aliphatic rings. The van der Waals surface area contributed by atoms with Gasteiger partial charge in [-0.25, -0.2) is 0 Å². The molecule has 0 saturated carbocycles. The third-order valence-corrected chi connectivity index (χ3v) is 11.8. The van der Waals surface area contributed by atoms with Gasteiger partial charge in [0.15, 0.2) is 0 Å². The molecule has 0 heterocycles. The molecular formula is C50H99NO3. The summed E-state index contributed by atoms with van der Waals surface area (Å²) < 4.78 is 0. The minimum atomic E-state index is -0.833. The first-order chi connectivity index (χ1) is 26.7. The lowest BCUT2D eigenvalue weighted by Gasteiger charge is -2.20. The van der Waals surface area contributed by atoms with Gasteiger partial charge in [0, 0.05) is 6.42 Å². The van der Waals surface area contributed by atoms with E-state index in [9.17, 15) is 15.0 Å². The van der Waals surface area contributed by atoms with Crippen LogP contribution in [-0.2, 0) is 4.79 Å². The Morgan fingerprint density at radius 1 is 0.426 bits per heavy atom. The van der Waals surface area contributed by atoms with Gasteiger partial charge in [0.25, 0.3) is 0 Å². The Hall–Kier alpha value is -0.870. The lowest BCUT2D eigenvalue weighted by Crippen LogP contribution is -2.45. The van der Waals surface area contributed by atoms with Crippen LogP contribution in [0.2, 0.25) is 0 Å². The molecule has 0 aromatic heterocycles. The molecule has 0 aromatic rings. The van der Waals surface area contributed by atoms with E-state index in [4.69, 9.17) is 0 Å². The van der Waals surface area contributed by atoms with E-state index in [0.717, 1.165) is 25.7 Å². The number of aliphatic hydroxyl groups excluding tert-OH is 2. The molecule has 0 spiro atoms. The van der Waals surface area contributed by atoms with Crippen molar-refractivity contribution in [2.75, 3.05) is 6.61 Å². The first-order valence-corrected chi connectivity index (χ1v) is 24.9. The number of allylic oxidation sites excluding steroid dienone is 1. The normalized spacial score (nSPS) is 12.9. The average molecular weight is 762 g/mol. The molecule has 0 aliphatic carbocycles. The van der Waals surface area contributed by atoms with Gasteiger partial charge in [0.1, 0.15) is 0 Å². The monoisotopic (exact) mass is 762 g/mol. The number of unbranched alkanes of at least 4 members (excludes halogenated alkanes) is 39. The van der Waals surface area contributed by atoms with Crippen LogP contribution in [0, 0.1) is 0 Å². The topological polar surface area (TPSA) is 69.6 Å². The molecule has 0 saturated heterocycles. The van der Waals surface area contributed by atoms with Gasteiger partial charge in [-0.3, -0.25) is 4.79 Å². The molecule has 0 bridgehead atoms. The summed E-state index contributed by atoms with van der Waals surface area (Å²) in [4.78, 5) is 12.3. The smallest absolute Gasteiger partial charge is 0.220 e. The van der Waals surface area contributed by atoms with Crippen molar-refractivity contribution in [3.05, 3.63) is 12.2 Å². The van der Waals surface area contributed by atoms with Crippen molar-refractivity contribution in [3.63, 3.8) is 0 Å². The van der Waals surface area contributed by atoms with E-state index in [0.29, 0.717) is 6.42 Å². The molecule has 0 aromatic carbocycles. The van der Waals surface area contributed by atoms with Crippen LogP contribution in [0.15, 0.2) is 12.2 Å². The van der Waals surface area contributed by atoms with Crippen molar-refractivity contribution in [3.8, 4) is 0 Å². The first-order valence-electron chi connectivity index (χ1n) is 24.9. The zero-order valence-electron chi connectivity index (χ0n) is 37.0. The Morgan fingerprint density at radius 3 is 0.963 bits per heavy atom. The van der Waals surface area contributed by atoms with Gasteiger partial charge in [0.05, 0.1) is 18.8 Å². The number of rotatable bonds is 46. The quantitative estimate of drug-likeness (QED) is 0.0427. The lowest BCUT2D eigenvalue weighted by atomic mass is 10.0. The molecule has 54 heavy (non-hydrogen) atoms. The summed E-state index contributed by atoms with van der Waals surface area (Å²) in [5.74, 6) is -0.0642. The SMILES string of the molecule is CCCCCCCCCCCCCCCCCCCCCCCCCCCCCCCCC/C=C/C(O)C(CO)NC(=O)CCCCCCCCCCC. The zero-order chi connectivity index (χ0) is 39.3. The number of carbonyl (C=O) groups is 1. The number of hydrogen-bond donors (Lipinski definition) is 3. The van der Waals surface area contributed by atoms with E-state index >= 15 is 0 Å². The third kappa shape index (κ3) is 42.3. The van der Waals surface area contributed by atoms with Gasteiger partial charge in [-0.05, 0) is 19.3 Å². The molecular weight excluding hydrogens is 663 g/mol. The van der Waals surface area contributed by atoms with Crippen molar-refractivity contribution in [2.45, 2.75) is 296 Å². The van der Waals surface area contributed by atoms with E-state index < -0.39 is 12.1 Å². The minimum Gasteiger partial charge on any atom is -0.394 e. The van der Waals surface area contributed by atoms with Crippen molar-refractivity contribution in [1.82, 2.24) is 5.32 Å². The zero-order valence-corrected chi connectivity index (χ0v) is 37.0. The number of aliphatic hydroxyl groups is 2. The number of hydrogen-bond acceptors (Lipinski definition) is 3. The van der Waals surface area contributed by atoms with E-state index in [1.165, 1.54) is 238 Å². The Balaban J connectivity index is 3.37. The molecule has 3 N–H and O–H groups in total. The van der Waals surface area contributed by atoms with Crippen LogP contribution in [0.4, 0.5) is 0 Å². The highest BCUT2D eigenvalue weighted by molar-refractivity contribution is 5.76. The van der Waals surface area contributed by atoms with Crippen LogP contribution >= 0.6 is 0 Å². The first kappa shape index (κ1) is 53.1. The molecule has 1 amide bonds. The summed E-state index contributed by atoms with van der Waals surface area (Å²) >= 11 is 0. The molecule has 4 nitrogen and oxygen atoms in total. The standard InChI is InChI=1S/C50H99NO3/c1-3-5-7-9-11-13-14-15-16-17-18-19-20-21-22-23-24-25-26-27-28-29-30-31-32-33-34-35-36-38-39-41-43-45-49(53)48(47-52)51-50(54)46-44-42-40-37-12-10-8-6-4-2/h43,45,48-49,52-53H,3-42,44,46-47H2,1-2H3,(H,51,54)/b45-43+. The molecule has 0 fully saturated rings. The maximum Gasteiger partial charge on any atom is 0.220 e. The fourth-order valence-corrected chi connectivity index (χ4v) is 7.95. The summed E-state index contributed by atoms with van der Waals surface area (Å²) in [6.07, 6.45) is 59.5. The van der Waals surface area contributed by atoms with Crippen LogP contribution in [0.5, 0.6) is 0 Å². The van der Waals surface area contributed by atoms with E-state index in [1.807, 2.05) is 6.08 Å². The lowest BCUT2D eigenvalue weighted by molar-refractivity contribution is -0.123. The second-order valence-corrected chi connectivity index (χ2v) is 17.2. The highest BCUT2D eigenvalue weighted by atomic mass is 16.3. The van der Waals surface area contributed by atoms with Crippen molar-refractivity contribution < 1.29 is 15.0 Å². The molecule has 4 heteroatoms. The maximum absolute atomic E-state index is 12.3. The van der Waals surface area contributed by atoms with E-state index in [-0.39, 0.29) is 12.5 Å². The van der Waals surface area contributed by atoms with E-state index in [1.54, 1.807) is 6.08 Å². The Kier molecular flexibility index (Phi) is 45.8. The second kappa shape index (κ2) is 46.5. The largest absolute Gasteiger partial charge is 0.394 e. The Morgan fingerprint density at radius 2 is 0.685 bits per heavy atom. The minimum absolute atomic E-state index is 0.0642. The highest BCUT2D eigenvalue weighted by Crippen LogP contribution is 2.17. The number of nitrogens with one attached hydrogen (secondary N) is 1. The summed E-state index contributed by atoms with van der Waals surface area (Å²) in [6, 6.07) is -0.615. The summed E-state index contributed by atoms with van der Waals surface area (Å²) in [5, 5.41) is 23.0. The summed E-state index contributed by atoms with van der Waals surface area (Å²) in [7, 11) is 0. The second-order valence-electron chi connectivity index (χ2n) is 17.2.